The van der Waals surface area contributed by atoms with Gasteiger partial charge in [0.1, 0.15) is 0 Å². The van der Waals surface area contributed by atoms with Crippen LogP contribution >= 0.6 is 0 Å². The van der Waals surface area contributed by atoms with Crippen LogP contribution in [0.25, 0.3) is 0 Å². The number of carbonyl (C=O) groups excluding carboxylic acids is 1. The van der Waals surface area contributed by atoms with Crippen LogP contribution in [0.15, 0.2) is 35.9 Å². The minimum atomic E-state index is -0.389. The van der Waals surface area contributed by atoms with Crippen molar-refractivity contribution in [2.24, 2.45) is 0 Å². The smallest absolute Gasteiger partial charge is 0.336 e. The van der Waals surface area contributed by atoms with E-state index in [0.717, 1.165) is 5.57 Å². The summed E-state index contributed by atoms with van der Waals surface area (Å²) >= 11 is 0. The van der Waals surface area contributed by atoms with E-state index in [1.54, 1.807) is 18.2 Å². The molecule has 0 N–H and O–H groups in total. The van der Waals surface area contributed by atoms with Gasteiger partial charge >= 0.3 is 5.97 Å². The molecule has 3 heteroatoms. The standard InChI is InChI=1S/C12H14O3/c1-9(2)8-12(13)15-11-7-5-4-6-10(11)14-3/h4-8H,1-3H3. The molecule has 0 atom stereocenters. The van der Waals surface area contributed by atoms with Gasteiger partial charge in [0.25, 0.3) is 0 Å². The zero-order valence-electron chi connectivity index (χ0n) is 9.11. The lowest BCUT2D eigenvalue weighted by Gasteiger charge is -2.06. The van der Waals surface area contributed by atoms with E-state index in [9.17, 15) is 4.79 Å². The van der Waals surface area contributed by atoms with E-state index in [1.807, 2.05) is 19.9 Å². The first kappa shape index (κ1) is 11.3. The Hall–Kier alpha value is -1.77. The second-order valence-corrected chi connectivity index (χ2v) is 3.29. The van der Waals surface area contributed by atoms with Gasteiger partial charge in [0.2, 0.25) is 0 Å². The summed E-state index contributed by atoms with van der Waals surface area (Å²) in [6, 6.07) is 7.03. The Morgan fingerprint density at radius 2 is 1.80 bits per heavy atom. The largest absolute Gasteiger partial charge is 0.493 e. The first-order valence-electron chi connectivity index (χ1n) is 4.63. The summed E-state index contributed by atoms with van der Waals surface area (Å²) in [4.78, 5) is 11.3. The van der Waals surface area contributed by atoms with E-state index in [1.165, 1.54) is 13.2 Å². The molecule has 0 aliphatic carbocycles. The third-order valence-electron chi connectivity index (χ3n) is 1.69. The van der Waals surface area contributed by atoms with Gasteiger partial charge in [0, 0.05) is 6.08 Å². The summed E-state index contributed by atoms with van der Waals surface area (Å²) < 4.78 is 10.2. The molecule has 0 heterocycles. The van der Waals surface area contributed by atoms with Gasteiger partial charge in [-0.3, -0.25) is 0 Å². The number of hydrogen-bond donors (Lipinski definition) is 0. The van der Waals surface area contributed by atoms with Crippen LogP contribution in [0.2, 0.25) is 0 Å². The number of esters is 1. The Morgan fingerprint density at radius 3 is 2.33 bits per heavy atom. The van der Waals surface area contributed by atoms with Gasteiger partial charge in [-0.2, -0.15) is 0 Å². The Labute approximate surface area is 89.3 Å². The molecule has 0 saturated heterocycles. The molecule has 0 aliphatic heterocycles. The van der Waals surface area contributed by atoms with Crippen molar-refractivity contribution >= 4 is 5.97 Å². The molecule has 80 valence electrons. The van der Waals surface area contributed by atoms with Crippen LogP contribution < -0.4 is 9.47 Å². The lowest BCUT2D eigenvalue weighted by atomic mass is 10.3. The first-order chi connectivity index (χ1) is 7.13. The molecule has 0 radical (unpaired) electrons. The first-order valence-corrected chi connectivity index (χ1v) is 4.63. The monoisotopic (exact) mass is 206 g/mol. The molecule has 0 unspecified atom stereocenters. The van der Waals surface area contributed by atoms with E-state index < -0.39 is 0 Å². The van der Waals surface area contributed by atoms with Crippen LogP contribution in [0.3, 0.4) is 0 Å². The van der Waals surface area contributed by atoms with Crippen molar-refractivity contribution in [3.63, 3.8) is 0 Å². The molecule has 0 aromatic heterocycles. The summed E-state index contributed by atoms with van der Waals surface area (Å²) in [6.45, 7) is 3.67. The zero-order chi connectivity index (χ0) is 11.3. The van der Waals surface area contributed by atoms with Gasteiger partial charge < -0.3 is 9.47 Å². The summed E-state index contributed by atoms with van der Waals surface area (Å²) in [7, 11) is 1.54. The number of carbonyl (C=O) groups is 1. The number of hydrogen-bond acceptors (Lipinski definition) is 3. The molecule has 1 rings (SSSR count). The Bertz CT molecular complexity index is 376. The van der Waals surface area contributed by atoms with Gasteiger partial charge in [-0.25, -0.2) is 4.79 Å². The van der Waals surface area contributed by atoms with Crippen molar-refractivity contribution in [1.29, 1.82) is 0 Å². The van der Waals surface area contributed by atoms with Gasteiger partial charge in [-0.1, -0.05) is 17.7 Å². The number of rotatable bonds is 3. The van der Waals surface area contributed by atoms with E-state index in [2.05, 4.69) is 0 Å². The van der Waals surface area contributed by atoms with E-state index in [0.29, 0.717) is 11.5 Å². The Morgan fingerprint density at radius 1 is 1.20 bits per heavy atom. The van der Waals surface area contributed by atoms with Crippen LogP contribution in [-0.2, 0) is 4.79 Å². The highest BCUT2D eigenvalue weighted by molar-refractivity contribution is 5.85. The Balaban J connectivity index is 2.80. The fourth-order valence-corrected chi connectivity index (χ4v) is 1.08. The summed E-state index contributed by atoms with van der Waals surface area (Å²) in [6.07, 6.45) is 1.44. The van der Waals surface area contributed by atoms with Crippen molar-refractivity contribution < 1.29 is 14.3 Å². The molecular weight excluding hydrogens is 192 g/mol. The molecule has 0 aliphatic rings. The molecule has 0 bridgehead atoms. The third-order valence-corrected chi connectivity index (χ3v) is 1.69. The maximum atomic E-state index is 11.3. The highest BCUT2D eigenvalue weighted by Gasteiger charge is 2.06. The molecule has 3 nitrogen and oxygen atoms in total. The van der Waals surface area contributed by atoms with Crippen molar-refractivity contribution in [3.05, 3.63) is 35.9 Å². The number of benzene rings is 1. The highest BCUT2D eigenvalue weighted by atomic mass is 16.6. The normalized spacial score (nSPS) is 9.27. The van der Waals surface area contributed by atoms with Gasteiger partial charge in [-0.05, 0) is 26.0 Å². The number of allylic oxidation sites excluding steroid dienone is 1. The molecule has 0 fully saturated rings. The fraction of sp³-hybridized carbons (Fsp3) is 0.250. The van der Waals surface area contributed by atoms with Crippen LogP contribution in [0.4, 0.5) is 0 Å². The summed E-state index contributed by atoms with van der Waals surface area (Å²) in [5, 5.41) is 0. The SMILES string of the molecule is COc1ccccc1OC(=O)C=C(C)C. The predicted molar refractivity (Wildman–Crippen MR) is 58.1 cm³/mol. The molecule has 1 aromatic rings. The van der Waals surface area contributed by atoms with Crippen molar-refractivity contribution in [3.8, 4) is 11.5 Å². The predicted octanol–water partition coefficient (Wildman–Crippen LogP) is 2.57. The average molecular weight is 206 g/mol. The maximum absolute atomic E-state index is 11.3. The third kappa shape index (κ3) is 3.46. The van der Waals surface area contributed by atoms with Crippen LogP contribution in [0, 0.1) is 0 Å². The molecule has 0 spiro atoms. The van der Waals surface area contributed by atoms with Gasteiger partial charge in [0.15, 0.2) is 11.5 Å². The van der Waals surface area contributed by atoms with Crippen molar-refractivity contribution in [1.82, 2.24) is 0 Å². The van der Waals surface area contributed by atoms with Crippen LogP contribution in [-0.4, -0.2) is 13.1 Å². The molecular formula is C12H14O3. The van der Waals surface area contributed by atoms with Crippen LogP contribution in [0.1, 0.15) is 13.8 Å². The molecule has 15 heavy (non-hydrogen) atoms. The zero-order valence-corrected chi connectivity index (χ0v) is 9.11. The average Bonchev–Trinajstić information content (AvgIpc) is 2.17. The lowest BCUT2D eigenvalue weighted by molar-refractivity contribution is -0.129. The fourth-order valence-electron chi connectivity index (χ4n) is 1.08. The van der Waals surface area contributed by atoms with Gasteiger partial charge in [-0.15, -0.1) is 0 Å². The van der Waals surface area contributed by atoms with Crippen molar-refractivity contribution in [2.75, 3.05) is 7.11 Å². The Kier molecular flexibility index (Phi) is 3.92. The highest BCUT2D eigenvalue weighted by Crippen LogP contribution is 2.25. The lowest BCUT2D eigenvalue weighted by Crippen LogP contribution is -2.05. The maximum Gasteiger partial charge on any atom is 0.336 e. The van der Waals surface area contributed by atoms with Gasteiger partial charge in [0.05, 0.1) is 7.11 Å². The summed E-state index contributed by atoms with van der Waals surface area (Å²) in [5.74, 6) is 0.593. The van der Waals surface area contributed by atoms with E-state index in [4.69, 9.17) is 9.47 Å². The minimum Gasteiger partial charge on any atom is -0.493 e. The molecule has 0 saturated carbocycles. The number of ether oxygens (including phenoxy) is 2. The summed E-state index contributed by atoms with van der Waals surface area (Å²) in [5.41, 5.74) is 0.898. The quantitative estimate of drug-likeness (QED) is 0.433. The molecule has 1 aromatic carbocycles. The molecule has 0 amide bonds. The topological polar surface area (TPSA) is 35.5 Å². The van der Waals surface area contributed by atoms with E-state index >= 15 is 0 Å². The second-order valence-electron chi connectivity index (χ2n) is 3.29. The minimum absolute atomic E-state index is 0.389. The number of para-hydroxylation sites is 2. The number of methoxy groups -OCH3 is 1. The second kappa shape index (κ2) is 5.20. The van der Waals surface area contributed by atoms with Crippen LogP contribution in [0.5, 0.6) is 11.5 Å². The van der Waals surface area contributed by atoms with E-state index in [-0.39, 0.29) is 5.97 Å². The van der Waals surface area contributed by atoms with Crippen molar-refractivity contribution in [2.45, 2.75) is 13.8 Å².